The smallest absolute Gasteiger partial charge is 0.243 e. The minimum absolute atomic E-state index is 0.121. The topological polar surface area (TPSA) is 41.1 Å². The molecule has 21 heavy (non-hydrogen) atoms. The van der Waals surface area contributed by atoms with Crippen LogP contribution in [-0.2, 0) is 4.79 Å². The molecule has 0 unspecified atom stereocenters. The first-order valence-electron chi connectivity index (χ1n) is 5.89. The first kappa shape index (κ1) is 15.5. The van der Waals surface area contributed by atoms with E-state index in [0.717, 1.165) is 12.1 Å². The third-order valence-electron chi connectivity index (χ3n) is 2.58. The van der Waals surface area contributed by atoms with E-state index in [1.807, 2.05) is 0 Å². The van der Waals surface area contributed by atoms with Crippen molar-refractivity contribution in [2.24, 2.45) is 0 Å². The zero-order valence-corrected chi connectivity index (χ0v) is 12.1. The minimum Gasteiger partial charge on any atom is -0.376 e. The molecule has 0 aromatic heterocycles. The van der Waals surface area contributed by atoms with Crippen LogP contribution in [0.1, 0.15) is 0 Å². The summed E-state index contributed by atoms with van der Waals surface area (Å²) in [5.41, 5.74) is 0.712. The molecular weight excluding hydrogens is 321 g/mol. The van der Waals surface area contributed by atoms with E-state index in [2.05, 4.69) is 10.6 Å². The summed E-state index contributed by atoms with van der Waals surface area (Å²) in [4.78, 5) is 11.7. The Bertz CT molecular complexity index is 680. The van der Waals surface area contributed by atoms with Crippen LogP contribution in [0.25, 0.3) is 0 Å². The average molecular weight is 331 g/mol. The molecule has 7 heteroatoms. The van der Waals surface area contributed by atoms with Gasteiger partial charge in [0, 0.05) is 16.8 Å². The van der Waals surface area contributed by atoms with Gasteiger partial charge in [0.1, 0.15) is 0 Å². The van der Waals surface area contributed by atoms with Crippen LogP contribution < -0.4 is 10.6 Å². The van der Waals surface area contributed by atoms with Gasteiger partial charge >= 0.3 is 0 Å². The monoisotopic (exact) mass is 330 g/mol. The fraction of sp³-hybridized carbons (Fsp3) is 0.0714. The summed E-state index contributed by atoms with van der Waals surface area (Å²) in [6.07, 6.45) is 0. The Balaban J connectivity index is 1.94. The van der Waals surface area contributed by atoms with Crippen molar-refractivity contribution in [1.29, 1.82) is 0 Å². The van der Waals surface area contributed by atoms with Crippen LogP contribution in [0.15, 0.2) is 36.4 Å². The van der Waals surface area contributed by atoms with E-state index in [9.17, 15) is 13.6 Å². The molecule has 2 aromatic carbocycles. The predicted octanol–water partition coefficient (Wildman–Crippen LogP) is 4.32. The third-order valence-corrected chi connectivity index (χ3v) is 3.13. The number of nitrogens with one attached hydrogen (secondary N) is 2. The normalized spacial score (nSPS) is 10.3. The van der Waals surface area contributed by atoms with Gasteiger partial charge in [-0.05, 0) is 30.3 Å². The molecule has 110 valence electrons. The van der Waals surface area contributed by atoms with Gasteiger partial charge < -0.3 is 10.6 Å². The van der Waals surface area contributed by atoms with E-state index in [-0.39, 0.29) is 12.5 Å². The highest BCUT2D eigenvalue weighted by Gasteiger charge is 2.07. The second kappa shape index (κ2) is 6.74. The van der Waals surface area contributed by atoms with E-state index in [1.165, 1.54) is 12.1 Å². The van der Waals surface area contributed by atoms with Gasteiger partial charge in [0.15, 0.2) is 11.6 Å². The van der Waals surface area contributed by atoms with Crippen molar-refractivity contribution in [2.75, 3.05) is 17.2 Å². The van der Waals surface area contributed by atoms with Gasteiger partial charge in [-0.3, -0.25) is 4.79 Å². The molecule has 0 heterocycles. The molecule has 0 spiro atoms. The highest BCUT2D eigenvalue weighted by Crippen LogP contribution is 2.25. The Morgan fingerprint density at radius 3 is 2.48 bits per heavy atom. The molecule has 0 saturated carbocycles. The molecule has 0 fully saturated rings. The van der Waals surface area contributed by atoms with Crippen LogP contribution in [0.2, 0.25) is 10.0 Å². The number of halogens is 4. The lowest BCUT2D eigenvalue weighted by atomic mass is 10.3. The zero-order valence-electron chi connectivity index (χ0n) is 10.6. The lowest BCUT2D eigenvalue weighted by Crippen LogP contribution is -2.22. The van der Waals surface area contributed by atoms with Crippen LogP contribution in [0, 0.1) is 11.6 Å². The summed E-state index contributed by atoms with van der Waals surface area (Å²) in [5, 5.41) is 6.01. The summed E-state index contributed by atoms with van der Waals surface area (Å²) in [6.45, 7) is -0.121. The first-order valence-corrected chi connectivity index (χ1v) is 6.65. The fourth-order valence-corrected chi connectivity index (χ4v) is 2.03. The molecule has 0 radical (unpaired) electrons. The maximum Gasteiger partial charge on any atom is 0.243 e. The van der Waals surface area contributed by atoms with Crippen LogP contribution in [0.4, 0.5) is 20.2 Å². The number of amides is 1. The number of rotatable bonds is 4. The summed E-state index contributed by atoms with van der Waals surface area (Å²) >= 11 is 11.7. The van der Waals surface area contributed by atoms with Crippen LogP contribution >= 0.6 is 23.2 Å². The standard InChI is InChI=1S/C14H10Cl2F2N2O/c15-8-1-4-13(10(16)5-8)20-14(21)7-19-9-2-3-11(17)12(18)6-9/h1-6,19H,7H2,(H,20,21). The molecule has 2 rings (SSSR count). The quantitative estimate of drug-likeness (QED) is 0.876. The Morgan fingerprint density at radius 1 is 1.05 bits per heavy atom. The van der Waals surface area contributed by atoms with Crippen molar-refractivity contribution >= 4 is 40.5 Å². The van der Waals surface area contributed by atoms with Gasteiger partial charge in [-0.1, -0.05) is 23.2 Å². The second-order valence-corrected chi connectivity index (χ2v) is 5.00. The molecule has 0 aliphatic rings. The number of carbonyl (C=O) groups is 1. The Morgan fingerprint density at radius 2 is 1.81 bits per heavy atom. The van der Waals surface area contributed by atoms with E-state index in [0.29, 0.717) is 21.4 Å². The Labute approximate surface area is 129 Å². The molecular formula is C14H10Cl2F2N2O. The van der Waals surface area contributed by atoms with Crippen molar-refractivity contribution in [3.63, 3.8) is 0 Å². The Hall–Kier alpha value is -1.85. The van der Waals surface area contributed by atoms with Gasteiger partial charge in [0.25, 0.3) is 0 Å². The summed E-state index contributed by atoms with van der Waals surface area (Å²) in [5.74, 6) is -2.32. The molecule has 0 saturated heterocycles. The lowest BCUT2D eigenvalue weighted by molar-refractivity contribution is -0.114. The van der Waals surface area contributed by atoms with Crippen LogP contribution in [0.3, 0.4) is 0 Å². The predicted molar refractivity (Wildman–Crippen MR) is 79.9 cm³/mol. The second-order valence-electron chi connectivity index (χ2n) is 4.15. The number of anilines is 2. The molecule has 0 bridgehead atoms. The van der Waals surface area contributed by atoms with Crippen molar-refractivity contribution in [1.82, 2.24) is 0 Å². The van der Waals surface area contributed by atoms with Crippen molar-refractivity contribution in [3.05, 3.63) is 58.1 Å². The number of benzene rings is 2. The lowest BCUT2D eigenvalue weighted by Gasteiger charge is -2.09. The number of hydrogen-bond acceptors (Lipinski definition) is 2. The minimum atomic E-state index is -0.985. The number of hydrogen-bond donors (Lipinski definition) is 2. The van der Waals surface area contributed by atoms with Crippen molar-refractivity contribution in [2.45, 2.75) is 0 Å². The van der Waals surface area contributed by atoms with Gasteiger partial charge in [0.2, 0.25) is 5.91 Å². The maximum atomic E-state index is 13.0. The highest BCUT2D eigenvalue weighted by atomic mass is 35.5. The summed E-state index contributed by atoms with van der Waals surface area (Å²) < 4.78 is 25.8. The molecule has 0 atom stereocenters. The van der Waals surface area contributed by atoms with Gasteiger partial charge in [-0.15, -0.1) is 0 Å². The van der Waals surface area contributed by atoms with E-state index >= 15 is 0 Å². The Kier molecular flexibility index (Phi) is 4.98. The first-order chi connectivity index (χ1) is 9.95. The fourth-order valence-electron chi connectivity index (χ4n) is 1.57. The number of carbonyl (C=O) groups excluding carboxylic acids is 1. The van der Waals surface area contributed by atoms with Gasteiger partial charge in [-0.25, -0.2) is 8.78 Å². The SMILES string of the molecule is O=C(CNc1ccc(F)c(F)c1)Nc1ccc(Cl)cc1Cl. The van der Waals surface area contributed by atoms with E-state index < -0.39 is 11.6 Å². The molecule has 3 nitrogen and oxygen atoms in total. The summed E-state index contributed by atoms with van der Waals surface area (Å²) in [7, 11) is 0. The maximum absolute atomic E-state index is 13.0. The summed E-state index contributed by atoms with van der Waals surface area (Å²) in [6, 6.07) is 7.94. The van der Waals surface area contributed by atoms with E-state index in [1.54, 1.807) is 12.1 Å². The molecule has 0 aliphatic heterocycles. The zero-order chi connectivity index (χ0) is 15.4. The van der Waals surface area contributed by atoms with Crippen molar-refractivity contribution in [3.8, 4) is 0 Å². The van der Waals surface area contributed by atoms with Crippen LogP contribution in [0.5, 0.6) is 0 Å². The molecule has 2 aromatic rings. The van der Waals surface area contributed by atoms with Gasteiger partial charge in [-0.2, -0.15) is 0 Å². The highest BCUT2D eigenvalue weighted by molar-refractivity contribution is 6.36. The largest absolute Gasteiger partial charge is 0.376 e. The van der Waals surface area contributed by atoms with Crippen molar-refractivity contribution < 1.29 is 13.6 Å². The molecule has 0 aliphatic carbocycles. The van der Waals surface area contributed by atoms with Crippen LogP contribution in [-0.4, -0.2) is 12.5 Å². The van der Waals surface area contributed by atoms with E-state index in [4.69, 9.17) is 23.2 Å². The average Bonchev–Trinajstić information content (AvgIpc) is 2.43. The molecule has 1 amide bonds. The third kappa shape index (κ3) is 4.31. The van der Waals surface area contributed by atoms with Gasteiger partial charge in [0.05, 0.1) is 17.3 Å². The molecule has 2 N–H and O–H groups in total.